The van der Waals surface area contributed by atoms with Gasteiger partial charge in [-0.25, -0.2) is 9.59 Å². The fourth-order valence-electron chi connectivity index (χ4n) is 1.06. The second-order valence-corrected chi connectivity index (χ2v) is 2.95. The molecule has 0 aliphatic carbocycles. The zero-order chi connectivity index (χ0) is 12.1. The van der Waals surface area contributed by atoms with Crippen molar-refractivity contribution in [1.82, 2.24) is 0 Å². The lowest BCUT2D eigenvalue weighted by Crippen LogP contribution is -2.13. The molecule has 0 aliphatic rings. The van der Waals surface area contributed by atoms with Gasteiger partial charge in [0.25, 0.3) is 0 Å². The first-order valence-electron chi connectivity index (χ1n) is 4.37. The summed E-state index contributed by atoms with van der Waals surface area (Å²) in [6.07, 6.45) is 1.17. The van der Waals surface area contributed by atoms with Crippen molar-refractivity contribution in [3.63, 3.8) is 0 Å². The molecule has 5 nitrogen and oxygen atoms in total. The van der Waals surface area contributed by atoms with Crippen molar-refractivity contribution in [3.05, 3.63) is 35.4 Å². The summed E-state index contributed by atoms with van der Waals surface area (Å²) in [4.78, 5) is 21.9. The molecule has 0 aliphatic heterocycles. The standard InChI is InChI=1S/C11H10O5/c1-16-11(15)9(10(13)14)6-7-2-4-8(12)5-3-7/h2-6,12H,1H3,(H,13,14)/b9-6+. The maximum Gasteiger partial charge on any atom is 0.345 e. The van der Waals surface area contributed by atoms with Crippen LogP contribution in [-0.4, -0.2) is 29.3 Å². The van der Waals surface area contributed by atoms with Crippen LogP contribution in [0.15, 0.2) is 29.8 Å². The van der Waals surface area contributed by atoms with Crippen LogP contribution in [0, 0.1) is 0 Å². The minimum atomic E-state index is -1.36. The zero-order valence-corrected chi connectivity index (χ0v) is 8.51. The SMILES string of the molecule is COC(=O)/C(=C/c1ccc(O)cc1)C(=O)O. The predicted octanol–water partition coefficient (Wildman–Crippen LogP) is 1.03. The summed E-state index contributed by atoms with van der Waals surface area (Å²) >= 11 is 0. The quantitative estimate of drug-likeness (QED) is 0.345. The highest BCUT2D eigenvalue weighted by molar-refractivity contribution is 6.16. The second kappa shape index (κ2) is 4.97. The molecule has 1 rings (SSSR count). The van der Waals surface area contributed by atoms with Crippen LogP contribution in [0.1, 0.15) is 5.56 Å². The van der Waals surface area contributed by atoms with Gasteiger partial charge in [0.2, 0.25) is 0 Å². The number of carbonyl (C=O) groups excluding carboxylic acids is 1. The Labute approximate surface area is 91.6 Å². The molecule has 0 saturated heterocycles. The van der Waals surface area contributed by atoms with E-state index in [2.05, 4.69) is 4.74 Å². The van der Waals surface area contributed by atoms with Crippen molar-refractivity contribution in [3.8, 4) is 5.75 Å². The van der Waals surface area contributed by atoms with Crippen LogP contribution in [0.25, 0.3) is 6.08 Å². The summed E-state index contributed by atoms with van der Waals surface area (Å²) in [5.41, 5.74) is 0.0220. The van der Waals surface area contributed by atoms with Crippen molar-refractivity contribution < 1.29 is 24.5 Å². The van der Waals surface area contributed by atoms with E-state index in [1.807, 2.05) is 0 Å². The minimum absolute atomic E-state index is 0.0621. The second-order valence-electron chi connectivity index (χ2n) is 2.95. The summed E-state index contributed by atoms with van der Waals surface area (Å²) in [5, 5.41) is 17.8. The number of aromatic hydroxyl groups is 1. The van der Waals surface area contributed by atoms with E-state index in [1.54, 1.807) is 0 Å². The van der Waals surface area contributed by atoms with Gasteiger partial charge in [0.05, 0.1) is 7.11 Å². The Morgan fingerprint density at radius 2 is 1.81 bits per heavy atom. The van der Waals surface area contributed by atoms with Crippen molar-refractivity contribution in [1.29, 1.82) is 0 Å². The minimum Gasteiger partial charge on any atom is -0.508 e. The molecule has 0 spiro atoms. The molecule has 0 aromatic heterocycles. The van der Waals surface area contributed by atoms with Gasteiger partial charge in [-0.2, -0.15) is 0 Å². The maximum absolute atomic E-state index is 11.1. The Morgan fingerprint density at radius 1 is 1.25 bits per heavy atom. The van der Waals surface area contributed by atoms with E-state index >= 15 is 0 Å². The molecule has 0 amide bonds. The molecule has 0 fully saturated rings. The van der Waals surface area contributed by atoms with Gasteiger partial charge in [0.1, 0.15) is 11.3 Å². The van der Waals surface area contributed by atoms with E-state index in [1.165, 1.54) is 30.3 Å². The lowest BCUT2D eigenvalue weighted by Gasteiger charge is -2.00. The van der Waals surface area contributed by atoms with Crippen LogP contribution >= 0.6 is 0 Å². The molecular weight excluding hydrogens is 212 g/mol. The van der Waals surface area contributed by atoms with Gasteiger partial charge < -0.3 is 14.9 Å². The maximum atomic E-state index is 11.1. The van der Waals surface area contributed by atoms with Crippen LogP contribution in [0.2, 0.25) is 0 Å². The number of esters is 1. The van der Waals surface area contributed by atoms with Crippen LogP contribution < -0.4 is 0 Å². The molecule has 0 radical (unpaired) electrons. The lowest BCUT2D eigenvalue weighted by molar-refractivity contribution is -0.142. The van der Waals surface area contributed by atoms with Gasteiger partial charge in [0.15, 0.2) is 0 Å². The molecule has 1 aromatic rings. The number of rotatable bonds is 3. The van der Waals surface area contributed by atoms with Crippen LogP contribution in [0.3, 0.4) is 0 Å². The number of phenols is 1. The Balaban J connectivity index is 3.07. The third-order valence-electron chi connectivity index (χ3n) is 1.84. The van der Waals surface area contributed by atoms with E-state index in [9.17, 15) is 9.59 Å². The third-order valence-corrected chi connectivity index (χ3v) is 1.84. The molecule has 5 heteroatoms. The van der Waals surface area contributed by atoms with Crippen molar-refractivity contribution in [2.75, 3.05) is 7.11 Å². The van der Waals surface area contributed by atoms with Crippen molar-refractivity contribution in [2.45, 2.75) is 0 Å². The first-order valence-corrected chi connectivity index (χ1v) is 4.37. The van der Waals surface area contributed by atoms with Crippen LogP contribution in [-0.2, 0) is 14.3 Å². The largest absolute Gasteiger partial charge is 0.508 e. The smallest absolute Gasteiger partial charge is 0.345 e. The number of carboxylic acid groups (broad SMARTS) is 1. The number of carboxylic acids is 1. The van der Waals surface area contributed by atoms with Gasteiger partial charge in [0, 0.05) is 0 Å². The molecular formula is C11H10O5. The Morgan fingerprint density at radius 3 is 2.25 bits per heavy atom. The number of aliphatic carboxylic acids is 1. The Kier molecular flexibility index (Phi) is 3.66. The molecule has 0 saturated carbocycles. The molecule has 84 valence electrons. The normalized spacial score (nSPS) is 10.9. The van der Waals surface area contributed by atoms with Gasteiger partial charge in [-0.1, -0.05) is 12.1 Å². The lowest BCUT2D eigenvalue weighted by atomic mass is 10.1. The average molecular weight is 222 g/mol. The third kappa shape index (κ3) is 2.84. The summed E-state index contributed by atoms with van der Waals surface area (Å²) in [6.45, 7) is 0. The number of carbonyl (C=O) groups is 2. The summed E-state index contributed by atoms with van der Waals surface area (Å²) < 4.78 is 4.33. The number of hydrogen-bond donors (Lipinski definition) is 2. The van der Waals surface area contributed by atoms with E-state index in [-0.39, 0.29) is 5.75 Å². The molecule has 16 heavy (non-hydrogen) atoms. The van der Waals surface area contributed by atoms with Crippen molar-refractivity contribution in [2.24, 2.45) is 0 Å². The Bertz CT molecular complexity index is 430. The molecule has 0 bridgehead atoms. The van der Waals surface area contributed by atoms with E-state index in [4.69, 9.17) is 10.2 Å². The van der Waals surface area contributed by atoms with E-state index in [0.29, 0.717) is 5.56 Å². The fourth-order valence-corrected chi connectivity index (χ4v) is 1.06. The zero-order valence-electron chi connectivity index (χ0n) is 8.51. The van der Waals surface area contributed by atoms with Gasteiger partial charge >= 0.3 is 11.9 Å². The van der Waals surface area contributed by atoms with Crippen LogP contribution in [0.4, 0.5) is 0 Å². The molecule has 2 N–H and O–H groups in total. The number of ether oxygens (including phenoxy) is 1. The number of phenolic OH excluding ortho intramolecular Hbond substituents is 1. The Hall–Kier alpha value is -2.30. The average Bonchev–Trinajstić information content (AvgIpc) is 2.27. The monoisotopic (exact) mass is 222 g/mol. The summed E-state index contributed by atoms with van der Waals surface area (Å²) in [5.74, 6) is -2.22. The van der Waals surface area contributed by atoms with Crippen LogP contribution in [0.5, 0.6) is 5.75 Å². The van der Waals surface area contributed by atoms with E-state index in [0.717, 1.165) is 7.11 Å². The first-order chi connectivity index (χ1) is 7.54. The summed E-state index contributed by atoms with van der Waals surface area (Å²) in [7, 11) is 1.11. The topological polar surface area (TPSA) is 83.8 Å². The number of hydrogen-bond acceptors (Lipinski definition) is 4. The molecule has 1 aromatic carbocycles. The highest BCUT2D eigenvalue weighted by Gasteiger charge is 2.17. The van der Waals surface area contributed by atoms with Gasteiger partial charge in [-0.3, -0.25) is 0 Å². The molecule has 0 heterocycles. The van der Waals surface area contributed by atoms with Gasteiger partial charge in [-0.05, 0) is 23.8 Å². The predicted molar refractivity (Wildman–Crippen MR) is 55.7 cm³/mol. The summed E-state index contributed by atoms with van der Waals surface area (Å²) in [6, 6.07) is 5.76. The number of benzene rings is 1. The molecule has 0 atom stereocenters. The first kappa shape index (κ1) is 11.8. The van der Waals surface area contributed by atoms with Gasteiger partial charge in [-0.15, -0.1) is 0 Å². The van der Waals surface area contributed by atoms with E-state index < -0.39 is 17.5 Å². The number of methoxy groups -OCH3 is 1. The molecule has 0 unspecified atom stereocenters. The van der Waals surface area contributed by atoms with Crippen molar-refractivity contribution >= 4 is 18.0 Å². The fraction of sp³-hybridized carbons (Fsp3) is 0.0909. The highest BCUT2D eigenvalue weighted by Crippen LogP contribution is 2.13. The highest BCUT2D eigenvalue weighted by atomic mass is 16.5.